The third-order valence-corrected chi connectivity index (χ3v) is 2.36. The molecular formula is C7H7N5S. The predicted molar refractivity (Wildman–Crippen MR) is 51.0 cm³/mol. The molecular weight excluding hydrogens is 186 g/mol. The van der Waals surface area contributed by atoms with Crippen LogP contribution >= 0.6 is 11.3 Å². The van der Waals surface area contributed by atoms with Gasteiger partial charge in [-0.3, -0.25) is 10.4 Å². The summed E-state index contributed by atoms with van der Waals surface area (Å²) >= 11 is 1.39. The third-order valence-electron chi connectivity index (χ3n) is 1.46. The molecule has 2 heterocycles. The Hall–Kier alpha value is -1.53. The number of nitrogens with zero attached hydrogens (tertiary/aromatic N) is 3. The highest BCUT2D eigenvalue weighted by Gasteiger charge is 2.04. The summed E-state index contributed by atoms with van der Waals surface area (Å²) in [6.45, 7) is 0. The largest absolute Gasteiger partial charge is 0.298 e. The summed E-state index contributed by atoms with van der Waals surface area (Å²) in [6, 6.07) is 3.78. The maximum absolute atomic E-state index is 5.18. The minimum Gasteiger partial charge on any atom is -0.298 e. The molecule has 0 unspecified atom stereocenters. The van der Waals surface area contributed by atoms with Crippen molar-refractivity contribution in [3.63, 3.8) is 0 Å². The van der Waals surface area contributed by atoms with E-state index in [2.05, 4.69) is 20.6 Å². The Morgan fingerprint density at radius 2 is 2.31 bits per heavy atom. The fourth-order valence-corrected chi connectivity index (χ4v) is 1.53. The molecule has 0 aliphatic carbocycles. The summed E-state index contributed by atoms with van der Waals surface area (Å²) in [5.41, 5.74) is 3.39. The second-order valence-corrected chi connectivity index (χ2v) is 3.28. The fourth-order valence-electron chi connectivity index (χ4n) is 0.887. The molecule has 2 aromatic rings. The van der Waals surface area contributed by atoms with Crippen molar-refractivity contribution in [1.82, 2.24) is 15.2 Å². The summed E-state index contributed by atoms with van der Waals surface area (Å²) in [7, 11) is 0. The van der Waals surface area contributed by atoms with Crippen molar-refractivity contribution in [2.24, 2.45) is 5.84 Å². The molecule has 0 bridgehead atoms. The van der Waals surface area contributed by atoms with Crippen LogP contribution in [0.3, 0.4) is 0 Å². The molecule has 0 amide bonds. The Bertz CT molecular complexity index is 385. The van der Waals surface area contributed by atoms with Gasteiger partial charge in [0.1, 0.15) is 0 Å². The first-order valence-electron chi connectivity index (χ1n) is 3.60. The summed E-state index contributed by atoms with van der Waals surface area (Å²) in [5.74, 6) is 5.18. The first-order valence-corrected chi connectivity index (χ1v) is 4.42. The maximum atomic E-state index is 5.18. The zero-order chi connectivity index (χ0) is 9.10. The first-order chi connectivity index (χ1) is 6.40. The SMILES string of the molecule is NNc1nnc(-c2cccnc2)s1. The van der Waals surface area contributed by atoms with E-state index in [4.69, 9.17) is 5.84 Å². The predicted octanol–water partition coefficient (Wildman–Crippen LogP) is 0.886. The molecule has 0 fully saturated rings. The number of rotatable bonds is 2. The van der Waals surface area contributed by atoms with Crippen molar-refractivity contribution < 1.29 is 0 Å². The van der Waals surface area contributed by atoms with Crippen LogP contribution in [-0.4, -0.2) is 15.2 Å². The molecule has 6 heteroatoms. The molecule has 0 radical (unpaired) electrons. The zero-order valence-electron chi connectivity index (χ0n) is 6.64. The van der Waals surface area contributed by atoms with Crippen molar-refractivity contribution in [1.29, 1.82) is 0 Å². The second-order valence-electron chi connectivity index (χ2n) is 2.30. The Balaban J connectivity index is 2.36. The first kappa shape index (κ1) is 8.09. The summed E-state index contributed by atoms with van der Waals surface area (Å²) in [5, 5.41) is 9.16. The number of hydrazine groups is 1. The lowest BCUT2D eigenvalue weighted by molar-refractivity contribution is 1.08. The van der Waals surface area contributed by atoms with E-state index in [-0.39, 0.29) is 0 Å². The number of aromatic nitrogens is 3. The lowest BCUT2D eigenvalue weighted by Crippen LogP contribution is -2.05. The Labute approximate surface area is 78.6 Å². The topological polar surface area (TPSA) is 76.7 Å². The lowest BCUT2D eigenvalue weighted by Gasteiger charge is -1.90. The maximum Gasteiger partial charge on any atom is 0.220 e. The van der Waals surface area contributed by atoms with Crippen LogP contribution in [0.5, 0.6) is 0 Å². The number of nitrogen functional groups attached to an aromatic ring is 1. The van der Waals surface area contributed by atoms with E-state index in [0.29, 0.717) is 5.13 Å². The highest BCUT2D eigenvalue weighted by atomic mass is 32.1. The molecule has 2 aromatic heterocycles. The monoisotopic (exact) mass is 193 g/mol. The van der Waals surface area contributed by atoms with Crippen LogP contribution < -0.4 is 11.3 Å². The van der Waals surface area contributed by atoms with E-state index < -0.39 is 0 Å². The van der Waals surface area contributed by atoms with Gasteiger partial charge in [-0.2, -0.15) is 0 Å². The molecule has 0 aromatic carbocycles. The van der Waals surface area contributed by atoms with Crippen LogP contribution in [0.1, 0.15) is 0 Å². The van der Waals surface area contributed by atoms with Crippen LogP contribution in [0.2, 0.25) is 0 Å². The van der Waals surface area contributed by atoms with Gasteiger partial charge in [-0.05, 0) is 12.1 Å². The smallest absolute Gasteiger partial charge is 0.220 e. The molecule has 0 saturated carbocycles. The van der Waals surface area contributed by atoms with Gasteiger partial charge in [0.15, 0.2) is 5.01 Å². The van der Waals surface area contributed by atoms with E-state index >= 15 is 0 Å². The summed E-state index contributed by atoms with van der Waals surface area (Å²) in [4.78, 5) is 3.98. The molecule has 0 spiro atoms. The Kier molecular flexibility index (Phi) is 2.15. The Morgan fingerprint density at radius 1 is 1.38 bits per heavy atom. The van der Waals surface area contributed by atoms with E-state index in [0.717, 1.165) is 10.6 Å². The quantitative estimate of drug-likeness (QED) is 0.547. The fraction of sp³-hybridized carbons (Fsp3) is 0. The molecule has 0 atom stereocenters. The average Bonchev–Trinajstić information content (AvgIpc) is 2.67. The van der Waals surface area contributed by atoms with Crippen LogP contribution in [0.25, 0.3) is 10.6 Å². The van der Waals surface area contributed by atoms with Gasteiger partial charge in [0.25, 0.3) is 0 Å². The average molecular weight is 193 g/mol. The van der Waals surface area contributed by atoms with Crippen molar-refractivity contribution in [2.75, 3.05) is 5.43 Å². The number of nitrogens with two attached hydrogens (primary N) is 1. The van der Waals surface area contributed by atoms with Crippen molar-refractivity contribution in [3.05, 3.63) is 24.5 Å². The lowest BCUT2D eigenvalue weighted by atomic mass is 10.3. The normalized spacial score (nSPS) is 9.92. The van der Waals surface area contributed by atoms with Gasteiger partial charge >= 0.3 is 0 Å². The van der Waals surface area contributed by atoms with Crippen LogP contribution in [0.4, 0.5) is 5.13 Å². The second kappa shape index (κ2) is 3.46. The van der Waals surface area contributed by atoms with Gasteiger partial charge in [-0.25, -0.2) is 5.84 Å². The molecule has 3 N–H and O–H groups in total. The van der Waals surface area contributed by atoms with Gasteiger partial charge in [0.2, 0.25) is 5.13 Å². The Morgan fingerprint density at radius 3 is 2.92 bits per heavy atom. The van der Waals surface area contributed by atoms with Gasteiger partial charge in [-0.15, -0.1) is 10.2 Å². The minimum atomic E-state index is 0.596. The van der Waals surface area contributed by atoms with Crippen LogP contribution in [-0.2, 0) is 0 Å². The number of hydrogen-bond donors (Lipinski definition) is 2. The van der Waals surface area contributed by atoms with Crippen molar-refractivity contribution in [3.8, 4) is 10.6 Å². The summed E-state index contributed by atoms with van der Waals surface area (Å²) in [6.07, 6.45) is 3.45. The van der Waals surface area contributed by atoms with E-state index in [1.807, 2.05) is 12.1 Å². The van der Waals surface area contributed by atoms with Gasteiger partial charge < -0.3 is 0 Å². The van der Waals surface area contributed by atoms with Gasteiger partial charge in [-0.1, -0.05) is 11.3 Å². The minimum absolute atomic E-state index is 0.596. The van der Waals surface area contributed by atoms with Gasteiger partial charge in [0.05, 0.1) is 0 Å². The van der Waals surface area contributed by atoms with Gasteiger partial charge in [0, 0.05) is 18.0 Å². The van der Waals surface area contributed by atoms with Crippen molar-refractivity contribution in [2.45, 2.75) is 0 Å². The number of nitrogens with one attached hydrogen (secondary N) is 1. The zero-order valence-corrected chi connectivity index (χ0v) is 7.45. The van der Waals surface area contributed by atoms with E-state index in [1.165, 1.54) is 11.3 Å². The molecule has 0 aliphatic heterocycles. The molecule has 0 saturated heterocycles. The van der Waals surface area contributed by atoms with Crippen LogP contribution in [0, 0.1) is 0 Å². The van der Waals surface area contributed by atoms with Crippen LogP contribution in [0.15, 0.2) is 24.5 Å². The third kappa shape index (κ3) is 1.63. The number of pyridine rings is 1. The molecule has 0 aliphatic rings. The number of anilines is 1. The molecule has 13 heavy (non-hydrogen) atoms. The standard InChI is InChI=1S/C7H7N5S/c8-10-7-12-11-6(13-7)5-2-1-3-9-4-5/h1-4H,8H2,(H,10,12). The van der Waals surface area contributed by atoms with E-state index in [9.17, 15) is 0 Å². The molecule has 5 nitrogen and oxygen atoms in total. The highest BCUT2D eigenvalue weighted by molar-refractivity contribution is 7.18. The molecule has 2 rings (SSSR count). The van der Waals surface area contributed by atoms with Crippen molar-refractivity contribution >= 4 is 16.5 Å². The highest BCUT2D eigenvalue weighted by Crippen LogP contribution is 2.24. The molecule has 66 valence electrons. The van der Waals surface area contributed by atoms with E-state index in [1.54, 1.807) is 12.4 Å². The number of hydrogen-bond acceptors (Lipinski definition) is 6. The summed E-state index contributed by atoms with van der Waals surface area (Å²) < 4.78 is 0.